The summed E-state index contributed by atoms with van der Waals surface area (Å²) in [7, 11) is 0. The van der Waals surface area contributed by atoms with Crippen LogP contribution in [-0.2, 0) is 33.6 Å². The van der Waals surface area contributed by atoms with E-state index in [2.05, 4.69) is 9.98 Å². The predicted octanol–water partition coefficient (Wildman–Crippen LogP) is 9.37. The van der Waals surface area contributed by atoms with Crippen molar-refractivity contribution in [3.63, 3.8) is 0 Å². The lowest BCUT2D eigenvalue weighted by Gasteiger charge is -2.42. The van der Waals surface area contributed by atoms with Crippen LogP contribution in [0.2, 0.25) is 0 Å². The van der Waals surface area contributed by atoms with Crippen molar-refractivity contribution < 1.29 is 19.2 Å². The third-order valence-corrected chi connectivity index (χ3v) is 8.99. The summed E-state index contributed by atoms with van der Waals surface area (Å²) in [6.07, 6.45) is 6.57. The molecule has 0 aromatic heterocycles. The van der Waals surface area contributed by atoms with Crippen molar-refractivity contribution in [2.75, 3.05) is 9.80 Å². The maximum Gasteiger partial charge on any atom is 0.342 e. The Balaban J connectivity index is 1.13. The number of benzene rings is 6. The molecule has 7 rings (SSSR count). The molecular weight excluding hydrogens is 675 g/mol. The lowest BCUT2D eigenvalue weighted by atomic mass is 10.0. The molecule has 0 atom stereocenters. The summed E-state index contributed by atoms with van der Waals surface area (Å²) in [6.45, 7) is 0. The van der Waals surface area contributed by atoms with E-state index < -0.39 is 0 Å². The van der Waals surface area contributed by atoms with Crippen molar-refractivity contribution in [1.82, 2.24) is 0 Å². The molecule has 0 radical (unpaired) electrons. The molecule has 0 bridgehead atoms. The van der Waals surface area contributed by atoms with Gasteiger partial charge in [0.15, 0.2) is 0 Å². The fourth-order valence-electron chi connectivity index (χ4n) is 6.20. The molecule has 260 valence electrons. The molecule has 0 saturated carbocycles. The number of guanidine groups is 1. The molecule has 1 fully saturated rings. The molecule has 0 aliphatic carbocycles. The number of nitrogens with zero attached hydrogens (tertiary/aromatic N) is 5. The van der Waals surface area contributed by atoms with E-state index in [1.54, 1.807) is 52.2 Å². The molecule has 6 aromatic rings. The Morgan fingerprint density at radius 2 is 0.778 bits per heavy atom. The highest BCUT2D eigenvalue weighted by Gasteiger charge is 2.43. The predicted molar refractivity (Wildman–Crippen MR) is 210 cm³/mol. The summed E-state index contributed by atoms with van der Waals surface area (Å²) in [5.41, 5.74) is 10.4. The number of carbonyl (C=O) groups excluding carboxylic acids is 4. The van der Waals surface area contributed by atoms with Crippen LogP contribution >= 0.6 is 0 Å². The Bertz CT molecular complexity index is 2340. The van der Waals surface area contributed by atoms with E-state index in [1.165, 1.54) is 6.08 Å². The molecular formula is C45H31N5O4. The first-order valence-corrected chi connectivity index (χ1v) is 17.1. The molecule has 1 saturated heterocycles. The first-order valence-electron chi connectivity index (χ1n) is 17.1. The average molecular weight is 706 g/mol. The highest BCUT2D eigenvalue weighted by Crippen LogP contribution is 2.33. The summed E-state index contributed by atoms with van der Waals surface area (Å²) in [5.74, 6) is 2.28. The van der Waals surface area contributed by atoms with Gasteiger partial charge >= 0.3 is 6.03 Å². The Morgan fingerprint density at radius 1 is 0.444 bits per heavy atom. The zero-order valence-electron chi connectivity index (χ0n) is 28.9. The first-order chi connectivity index (χ1) is 26.5. The molecule has 1 aliphatic heterocycles. The van der Waals surface area contributed by atoms with Crippen molar-refractivity contribution in [3.8, 4) is 0 Å². The van der Waals surface area contributed by atoms with Crippen LogP contribution in [0.3, 0.4) is 0 Å². The zero-order valence-corrected chi connectivity index (χ0v) is 28.9. The van der Waals surface area contributed by atoms with Crippen molar-refractivity contribution in [3.05, 3.63) is 185 Å². The molecule has 2 amide bonds. The molecule has 0 N–H and O–H groups in total. The zero-order chi connectivity index (χ0) is 37.3. The van der Waals surface area contributed by atoms with Crippen LogP contribution in [0, 0.1) is 0 Å². The lowest BCUT2D eigenvalue weighted by Crippen LogP contribution is -2.65. The third-order valence-electron chi connectivity index (χ3n) is 8.99. The minimum atomic E-state index is -0.224. The largest absolute Gasteiger partial charge is 0.342 e. The van der Waals surface area contributed by atoms with Gasteiger partial charge in [-0.2, -0.15) is 9.98 Å². The molecule has 6 aromatic carbocycles. The molecule has 9 nitrogen and oxygen atoms in total. The molecule has 0 spiro atoms. The van der Waals surface area contributed by atoms with Crippen molar-refractivity contribution in [2.24, 2.45) is 15.0 Å². The average Bonchev–Trinajstić information content (AvgIpc) is 3.19. The normalized spacial score (nSPS) is 12.7. The number of hydrogen-bond acceptors (Lipinski definition) is 7. The summed E-state index contributed by atoms with van der Waals surface area (Å²) < 4.78 is 0. The topological polar surface area (TPSA) is 112 Å². The molecule has 9 heteroatoms. The van der Waals surface area contributed by atoms with Gasteiger partial charge in [0.25, 0.3) is 0 Å². The number of isocyanates is 2. The summed E-state index contributed by atoms with van der Waals surface area (Å²) >= 11 is 0. The number of amides is 2. The fourth-order valence-corrected chi connectivity index (χ4v) is 6.20. The number of hydrogen-bond donors (Lipinski definition) is 0. The number of aliphatic imine (C=N–C) groups is 3. The molecule has 1 aliphatic rings. The van der Waals surface area contributed by atoms with Gasteiger partial charge in [0.2, 0.25) is 18.1 Å². The van der Waals surface area contributed by atoms with Gasteiger partial charge in [0.1, 0.15) is 5.94 Å². The standard InChI is InChI=1S/C45H31N5O4/c51-26-25-32-1-3-33(4-2-32)27-37-11-21-42(22-12-37)49-44(48-41-19-9-36(10-20-41)28-34-5-15-39(16-6-34)46-30-52)50(45(49)54)43-23-13-38(14-24-43)29-35-7-17-40(18-8-35)47-31-53/h1-25H,27-29H2. The summed E-state index contributed by atoms with van der Waals surface area (Å²) in [6, 6.07) is 45.9. The minimum absolute atomic E-state index is 0.224. The van der Waals surface area contributed by atoms with Crippen LogP contribution in [0.15, 0.2) is 161 Å². The van der Waals surface area contributed by atoms with Crippen LogP contribution in [0.4, 0.5) is 33.2 Å². The van der Waals surface area contributed by atoms with Gasteiger partial charge in [-0.15, -0.1) is 0 Å². The van der Waals surface area contributed by atoms with Crippen LogP contribution < -0.4 is 9.80 Å². The number of anilines is 2. The Kier molecular flexibility index (Phi) is 10.5. The molecule has 0 unspecified atom stereocenters. The van der Waals surface area contributed by atoms with Crippen LogP contribution in [-0.4, -0.2) is 30.1 Å². The second-order valence-electron chi connectivity index (χ2n) is 12.6. The Hall–Kier alpha value is -7.53. The number of rotatable bonds is 12. The third kappa shape index (κ3) is 8.16. The van der Waals surface area contributed by atoms with E-state index in [1.807, 2.05) is 121 Å². The maximum absolute atomic E-state index is 13.9. The second-order valence-corrected chi connectivity index (χ2v) is 12.6. The van der Waals surface area contributed by atoms with Gasteiger partial charge < -0.3 is 0 Å². The van der Waals surface area contributed by atoms with E-state index in [9.17, 15) is 19.2 Å². The first kappa shape index (κ1) is 34.9. The van der Waals surface area contributed by atoms with Gasteiger partial charge in [-0.25, -0.2) is 34.0 Å². The number of carbonyl (C=O) groups is 1. The van der Waals surface area contributed by atoms with Crippen LogP contribution in [0.1, 0.15) is 38.9 Å². The van der Waals surface area contributed by atoms with E-state index in [0.29, 0.717) is 53.7 Å². The summed E-state index contributed by atoms with van der Waals surface area (Å²) in [5, 5.41) is 0. The monoisotopic (exact) mass is 705 g/mol. The Morgan fingerprint density at radius 3 is 1.13 bits per heavy atom. The fraction of sp³-hybridized carbons (Fsp3) is 0.0667. The lowest BCUT2D eigenvalue weighted by molar-refractivity contribution is 0.253. The summed E-state index contributed by atoms with van der Waals surface area (Å²) in [4.78, 5) is 61.2. The smallest absolute Gasteiger partial charge is 0.247 e. The highest BCUT2D eigenvalue weighted by molar-refractivity contribution is 6.43. The quantitative estimate of drug-likeness (QED) is 0.0718. The van der Waals surface area contributed by atoms with Crippen LogP contribution in [0.5, 0.6) is 0 Å². The van der Waals surface area contributed by atoms with Gasteiger partial charge in [-0.3, -0.25) is 0 Å². The van der Waals surface area contributed by atoms with Gasteiger partial charge in [-0.05, 0) is 119 Å². The second kappa shape index (κ2) is 16.2. The van der Waals surface area contributed by atoms with Gasteiger partial charge in [-0.1, -0.05) is 84.9 Å². The Labute approximate surface area is 311 Å². The van der Waals surface area contributed by atoms with Crippen LogP contribution in [0.25, 0.3) is 6.08 Å². The van der Waals surface area contributed by atoms with Crippen molar-refractivity contribution in [1.29, 1.82) is 0 Å². The molecule has 1 heterocycles. The van der Waals surface area contributed by atoms with Gasteiger partial charge in [0.05, 0.1) is 28.4 Å². The van der Waals surface area contributed by atoms with E-state index in [0.717, 1.165) is 38.9 Å². The maximum atomic E-state index is 13.9. The van der Waals surface area contributed by atoms with E-state index in [-0.39, 0.29) is 6.03 Å². The SMILES string of the molecule is O=C=Cc1ccc(Cc2ccc(N3C(=O)N(c4ccc(Cc5ccc(N=C=O)cc5)cc4)C3=Nc3ccc(Cc4ccc(N=C=O)cc4)cc3)cc2)cc1. The molecule has 54 heavy (non-hydrogen) atoms. The number of urea groups is 1. The van der Waals surface area contributed by atoms with E-state index in [4.69, 9.17) is 4.99 Å². The van der Waals surface area contributed by atoms with Crippen molar-refractivity contribution in [2.45, 2.75) is 19.3 Å². The highest BCUT2D eigenvalue weighted by atomic mass is 16.2. The van der Waals surface area contributed by atoms with E-state index >= 15 is 0 Å². The minimum Gasteiger partial charge on any atom is -0.247 e. The van der Waals surface area contributed by atoms with Crippen molar-refractivity contribution >= 4 is 64.6 Å². The van der Waals surface area contributed by atoms with Gasteiger partial charge in [0, 0.05) is 6.08 Å².